The minimum absolute atomic E-state index is 0.0225. The summed E-state index contributed by atoms with van der Waals surface area (Å²) in [5.41, 5.74) is 2.12. The first kappa shape index (κ1) is 18.4. The van der Waals surface area contributed by atoms with Gasteiger partial charge in [0.25, 0.3) is 0 Å². The summed E-state index contributed by atoms with van der Waals surface area (Å²) in [6, 6.07) is 8.54. The van der Waals surface area contributed by atoms with Gasteiger partial charge in [0, 0.05) is 49.4 Å². The average molecular weight is 410 g/mol. The van der Waals surface area contributed by atoms with E-state index in [4.69, 9.17) is 9.47 Å². The number of ether oxygens (including phenoxy) is 2. The number of nitrogens with zero attached hydrogens (tertiary/aromatic N) is 2. The molecular formula is C23H26N2O5. The maximum atomic E-state index is 13.3. The third-order valence-corrected chi connectivity index (χ3v) is 8.27. The van der Waals surface area contributed by atoms with Crippen molar-refractivity contribution < 1.29 is 23.9 Å². The first-order valence-corrected chi connectivity index (χ1v) is 10.9. The molecule has 1 aromatic carbocycles. The zero-order valence-corrected chi connectivity index (χ0v) is 17.2. The van der Waals surface area contributed by atoms with Gasteiger partial charge in [-0.3, -0.25) is 19.3 Å². The van der Waals surface area contributed by atoms with Crippen LogP contribution in [-0.2, 0) is 29.3 Å². The molecule has 0 N–H and O–H groups in total. The second-order valence-electron chi connectivity index (χ2n) is 9.50. The van der Waals surface area contributed by atoms with Gasteiger partial charge < -0.3 is 14.4 Å². The number of hydrogen-bond acceptors (Lipinski definition) is 6. The second kappa shape index (κ2) is 6.06. The number of benzene rings is 1. The summed E-state index contributed by atoms with van der Waals surface area (Å²) in [6.45, 7) is 4.49. The van der Waals surface area contributed by atoms with E-state index in [1.54, 1.807) is 0 Å². The summed E-state index contributed by atoms with van der Waals surface area (Å²) in [4.78, 5) is 41.6. The molecule has 1 amide bonds. The molecule has 158 valence electrons. The van der Waals surface area contributed by atoms with Crippen LogP contribution >= 0.6 is 0 Å². The normalized spacial score (nSPS) is 40.6. The molecule has 5 aliphatic rings. The molecule has 3 saturated heterocycles. The Morgan fingerprint density at radius 2 is 1.83 bits per heavy atom. The number of amides is 1. The van der Waals surface area contributed by atoms with Gasteiger partial charge in [-0.1, -0.05) is 18.2 Å². The SMILES string of the molecule is CC(=O)O[C@H]1CC(=O)N2c3ccccc3[C@]34CCN5C[C@H](OC(C)=O)[C@H](C[C@H]53)C1[C@H]24. The molecule has 6 rings (SSSR count). The van der Waals surface area contributed by atoms with E-state index in [9.17, 15) is 14.4 Å². The second-order valence-corrected chi connectivity index (χ2v) is 9.50. The van der Waals surface area contributed by atoms with Gasteiger partial charge in [0.1, 0.15) is 12.2 Å². The molecule has 0 aromatic heterocycles. The highest BCUT2D eigenvalue weighted by Gasteiger charge is 2.72. The van der Waals surface area contributed by atoms with E-state index in [1.807, 2.05) is 11.0 Å². The topological polar surface area (TPSA) is 76.2 Å². The third kappa shape index (κ3) is 2.16. The molecule has 7 heteroatoms. The van der Waals surface area contributed by atoms with E-state index in [2.05, 4.69) is 23.1 Å². The number of esters is 2. The average Bonchev–Trinajstić information content (AvgIpc) is 3.22. The van der Waals surface area contributed by atoms with Crippen LogP contribution in [0.1, 0.15) is 38.7 Å². The lowest BCUT2D eigenvalue weighted by molar-refractivity contribution is -0.177. The number of fused-ring (bicyclic) bond motifs is 4. The van der Waals surface area contributed by atoms with Crippen molar-refractivity contribution in [2.75, 3.05) is 18.0 Å². The molecule has 2 bridgehead atoms. The zero-order valence-electron chi connectivity index (χ0n) is 17.2. The van der Waals surface area contributed by atoms with Crippen LogP contribution in [0.15, 0.2) is 24.3 Å². The van der Waals surface area contributed by atoms with Gasteiger partial charge in [0.2, 0.25) is 5.91 Å². The highest BCUT2D eigenvalue weighted by molar-refractivity contribution is 5.99. The van der Waals surface area contributed by atoms with E-state index < -0.39 is 6.10 Å². The molecule has 1 saturated carbocycles. The van der Waals surface area contributed by atoms with E-state index in [0.717, 1.165) is 25.1 Å². The third-order valence-electron chi connectivity index (χ3n) is 8.27. The predicted molar refractivity (Wildman–Crippen MR) is 107 cm³/mol. The van der Waals surface area contributed by atoms with Crippen LogP contribution in [0.4, 0.5) is 5.69 Å². The van der Waals surface area contributed by atoms with E-state index in [0.29, 0.717) is 12.6 Å². The molecule has 4 fully saturated rings. The van der Waals surface area contributed by atoms with Gasteiger partial charge >= 0.3 is 11.9 Å². The lowest BCUT2D eigenvalue weighted by Crippen LogP contribution is -2.71. The van der Waals surface area contributed by atoms with Gasteiger partial charge in [-0.05, 0) is 31.0 Å². The van der Waals surface area contributed by atoms with Crippen molar-refractivity contribution >= 4 is 23.5 Å². The Morgan fingerprint density at radius 3 is 2.60 bits per heavy atom. The number of carbonyl (C=O) groups excluding carboxylic acids is 3. The van der Waals surface area contributed by atoms with Gasteiger partial charge in [-0.25, -0.2) is 0 Å². The minimum Gasteiger partial charge on any atom is -0.462 e. The van der Waals surface area contributed by atoms with Gasteiger partial charge in [-0.2, -0.15) is 0 Å². The first-order chi connectivity index (χ1) is 14.4. The lowest BCUT2D eigenvalue weighted by Gasteiger charge is -2.59. The molecule has 0 radical (unpaired) electrons. The summed E-state index contributed by atoms with van der Waals surface area (Å²) in [7, 11) is 0. The first-order valence-electron chi connectivity index (χ1n) is 10.9. The van der Waals surface area contributed by atoms with E-state index in [-0.39, 0.29) is 53.7 Å². The molecule has 7 atom stereocenters. The smallest absolute Gasteiger partial charge is 0.302 e. The Kier molecular flexibility index (Phi) is 3.71. The predicted octanol–water partition coefficient (Wildman–Crippen LogP) is 1.63. The molecule has 4 heterocycles. The van der Waals surface area contributed by atoms with Crippen molar-refractivity contribution in [2.24, 2.45) is 11.8 Å². The maximum Gasteiger partial charge on any atom is 0.302 e. The van der Waals surface area contributed by atoms with Crippen molar-refractivity contribution in [3.63, 3.8) is 0 Å². The Bertz CT molecular complexity index is 963. The highest BCUT2D eigenvalue weighted by atomic mass is 16.6. The van der Waals surface area contributed by atoms with Crippen molar-refractivity contribution in [3.8, 4) is 0 Å². The van der Waals surface area contributed by atoms with Crippen LogP contribution in [0.5, 0.6) is 0 Å². The molecule has 7 nitrogen and oxygen atoms in total. The number of para-hydroxylation sites is 1. The van der Waals surface area contributed by atoms with Crippen LogP contribution in [0.25, 0.3) is 0 Å². The van der Waals surface area contributed by atoms with Crippen molar-refractivity contribution in [1.82, 2.24) is 4.90 Å². The molecule has 30 heavy (non-hydrogen) atoms. The molecule has 1 aliphatic carbocycles. The van der Waals surface area contributed by atoms with E-state index >= 15 is 0 Å². The summed E-state index contributed by atoms with van der Waals surface area (Å²) >= 11 is 0. The fourth-order valence-corrected chi connectivity index (χ4v) is 7.61. The Balaban J connectivity index is 1.54. The van der Waals surface area contributed by atoms with Crippen molar-refractivity contribution in [2.45, 2.75) is 62.8 Å². The summed E-state index contributed by atoms with van der Waals surface area (Å²) in [5, 5.41) is 0. The number of piperidine rings is 2. The van der Waals surface area contributed by atoms with Crippen LogP contribution < -0.4 is 4.90 Å². The molecular weight excluding hydrogens is 384 g/mol. The number of carbonyl (C=O) groups is 3. The summed E-state index contributed by atoms with van der Waals surface area (Å²) in [5.74, 6) is -0.590. The minimum atomic E-state index is -0.474. The van der Waals surface area contributed by atoms with Crippen LogP contribution in [0, 0.1) is 11.8 Å². The zero-order chi connectivity index (χ0) is 20.8. The standard InChI is InChI=1S/C23H26N2O5/c1-12(26)29-17-10-20(28)25-16-6-4-3-5-15(16)23-7-8-24-11-18(30-13(2)27)14(9-19(23)24)21(17)22(23)25/h3-6,14,17-19,21-22H,7-11H2,1-2H3/t14-,17-,18-,19-,21?,22-,23+/m0/s1. The van der Waals surface area contributed by atoms with Crippen LogP contribution in [0.3, 0.4) is 0 Å². The monoisotopic (exact) mass is 410 g/mol. The summed E-state index contributed by atoms with van der Waals surface area (Å²) < 4.78 is 11.6. The van der Waals surface area contributed by atoms with Crippen LogP contribution in [-0.4, -0.2) is 60.1 Å². The fraction of sp³-hybridized carbons (Fsp3) is 0.609. The lowest BCUT2D eigenvalue weighted by atomic mass is 9.53. The fourth-order valence-electron chi connectivity index (χ4n) is 7.61. The van der Waals surface area contributed by atoms with Gasteiger partial charge in [-0.15, -0.1) is 0 Å². The van der Waals surface area contributed by atoms with Crippen LogP contribution in [0.2, 0.25) is 0 Å². The Morgan fingerprint density at radius 1 is 1.10 bits per heavy atom. The van der Waals surface area contributed by atoms with Crippen molar-refractivity contribution in [1.29, 1.82) is 0 Å². The van der Waals surface area contributed by atoms with Crippen molar-refractivity contribution in [3.05, 3.63) is 29.8 Å². The Labute approximate surface area is 175 Å². The van der Waals surface area contributed by atoms with E-state index in [1.165, 1.54) is 19.4 Å². The summed E-state index contributed by atoms with van der Waals surface area (Å²) in [6.07, 6.45) is 1.33. The van der Waals surface area contributed by atoms with Gasteiger partial charge in [0.05, 0.1) is 12.5 Å². The number of hydrogen-bond donors (Lipinski definition) is 0. The highest BCUT2D eigenvalue weighted by Crippen LogP contribution is 2.64. The molecule has 4 aliphatic heterocycles. The molecule has 1 unspecified atom stereocenters. The largest absolute Gasteiger partial charge is 0.462 e. The quantitative estimate of drug-likeness (QED) is 0.690. The molecule has 1 spiro atoms. The number of rotatable bonds is 2. The molecule has 1 aromatic rings. The van der Waals surface area contributed by atoms with Gasteiger partial charge in [0.15, 0.2) is 0 Å². The number of anilines is 1. The maximum absolute atomic E-state index is 13.3. The Hall–Kier alpha value is -2.41.